The van der Waals surface area contributed by atoms with E-state index in [0.717, 1.165) is 17.7 Å². The summed E-state index contributed by atoms with van der Waals surface area (Å²) in [5, 5.41) is 0. The standard InChI is InChI=1S/C18H21N3O3S/c1-14-12-16(21-11-3-5-18(21)22)6-7-17(14)25(23,24)20-10-8-15-4-2-9-19-13-15/h2,4,6-7,9,12-13,20H,3,5,8,10-11H2,1H3. The Labute approximate surface area is 147 Å². The van der Waals surface area contributed by atoms with Crippen molar-refractivity contribution in [2.75, 3.05) is 18.0 Å². The molecule has 0 radical (unpaired) electrons. The second-order valence-electron chi connectivity index (χ2n) is 6.11. The van der Waals surface area contributed by atoms with Gasteiger partial charge in [0, 0.05) is 37.6 Å². The monoisotopic (exact) mass is 359 g/mol. The number of benzene rings is 1. The molecule has 6 nitrogen and oxygen atoms in total. The molecule has 1 fully saturated rings. The predicted molar refractivity (Wildman–Crippen MR) is 95.9 cm³/mol. The van der Waals surface area contributed by atoms with Gasteiger partial charge in [-0.05, 0) is 55.2 Å². The van der Waals surface area contributed by atoms with Gasteiger partial charge in [0.15, 0.2) is 0 Å². The molecule has 1 N–H and O–H groups in total. The number of aryl methyl sites for hydroxylation is 1. The van der Waals surface area contributed by atoms with Gasteiger partial charge in [0.2, 0.25) is 15.9 Å². The number of anilines is 1. The van der Waals surface area contributed by atoms with Crippen molar-refractivity contribution >= 4 is 21.6 Å². The van der Waals surface area contributed by atoms with Crippen molar-refractivity contribution in [2.45, 2.75) is 31.1 Å². The van der Waals surface area contributed by atoms with Crippen molar-refractivity contribution in [1.82, 2.24) is 9.71 Å². The lowest BCUT2D eigenvalue weighted by Crippen LogP contribution is -2.27. The number of nitrogens with zero attached hydrogens (tertiary/aromatic N) is 2. The molecule has 1 aliphatic heterocycles. The Morgan fingerprint density at radius 2 is 2.12 bits per heavy atom. The van der Waals surface area contributed by atoms with Gasteiger partial charge in [0.1, 0.15) is 0 Å². The van der Waals surface area contributed by atoms with E-state index in [4.69, 9.17) is 0 Å². The largest absolute Gasteiger partial charge is 0.312 e. The van der Waals surface area contributed by atoms with Crippen LogP contribution < -0.4 is 9.62 Å². The Bertz CT molecular complexity index is 866. The van der Waals surface area contributed by atoms with Crippen LogP contribution in [0.5, 0.6) is 0 Å². The fourth-order valence-electron chi connectivity index (χ4n) is 2.98. The van der Waals surface area contributed by atoms with Crippen LogP contribution in [0.3, 0.4) is 0 Å². The summed E-state index contributed by atoms with van der Waals surface area (Å²) >= 11 is 0. The summed E-state index contributed by atoms with van der Waals surface area (Å²) in [7, 11) is -3.59. The highest BCUT2D eigenvalue weighted by Gasteiger charge is 2.23. The number of carbonyl (C=O) groups is 1. The maximum absolute atomic E-state index is 12.5. The number of pyridine rings is 1. The summed E-state index contributed by atoms with van der Waals surface area (Å²) < 4.78 is 27.7. The number of sulfonamides is 1. The van der Waals surface area contributed by atoms with Crippen LogP contribution in [-0.2, 0) is 21.2 Å². The molecule has 1 saturated heterocycles. The van der Waals surface area contributed by atoms with Crippen LogP contribution in [0.15, 0.2) is 47.6 Å². The highest BCUT2D eigenvalue weighted by Crippen LogP contribution is 2.25. The molecule has 0 bridgehead atoms. The Kier molecular flexibility index (Phi) is 5.15. The zero-order chi connectivity index (χ0) is 17.9. The number of hydrogen-bond acceptors (Lipinski definition) is 4. The van der Waals surface area contributed by atoms with Gasteiger partial charge < -0.3 is 4.90 Å². The zero-order valence-corrected chi connectivity index (χ0v) is 14.9. The zero-order valence-electron chi connectivity index (χ0n) is 14.1. The molecule has 0 aliphatic carbocycles. The quantitative estimate of drug-likeness (QED) is 0.856. The van der Waals surface area contributed by atoms with Crippen molar-refractivity contribution in [1.29, 1.82) is 0 Å². The van der Waals surface area contributed by atoms with E-state index in [1.54, 1.807) is 42.4 Å². The molecule has 1 aromatic carbocycles. The predicted octanol–water partition coefficient (Wildman–Crippen LogP) is 2.04. The summed E-state index contributed by atoms with van der Waals surface area (Å²) in [6, 6.07) is 8.77. The molecule has 25 heavy (non-hydrogen) atoms. The van der Waals surface area contributed by atoms with Crippen LogP contribution in [-0.4, -0.2) is 32.4 Å². The van der Waals surface area contributed by atoms with E-state index in [2.05, 4.69) is 9.71 Å². The molecule has 0 atom stereocenters. The van der Waals surface area contributed by atoms with E-state index in [-0.39, 0.29) is 10.8 Å². The Morgan fingerprint density at radius 3 is 2.76 bits per heavy atom. The highest BCUT2D eigenvalue weighted by atomic mass is 32.2. The smallest absolute Gasteiger partial charge is 0.240 e. The third-order valence-corrected chi connectivity index (χ3v) is 5.88. The molecule has 2 aromatic rings. The van der Waals surface area contributed by atoms with E-state index in [1.807, 2.05) is 12.1 Å². The lowest BCUT2D eigenvalue weighted by Gasteiger charge is -2.17. The van der Waals surface area contributed by atoms with Crippen molar-refractivity contribution in [3.8, 4) is 0 Å². The second kappa shape index (κ2) is 7.33. The van der Waals surface area contributed by atoms with E-state index < -0.39 is 10.0 Å². The van der Waals surface area contributed by atoms with Crippen LogP contribution in [0.25, 0.3) is 0 Å². The molecule has 0 unspecified atom stereocenters. The van der Waals surface area contributed by atoms with Gasteiger partial charge in [-0.25, -0.2) is 13.1 Å². The number of carbonyl (C=O) groups excluding carboxylic acids is 1. The second-order valence-corrected chi connectivity index (χ2v) is 7.84. The van der Waals surface area contributed by atoms with Crippen LogP contribution in [0, 0.1) is 6.92 Å². The molecule has 2 heterocycles. The summed E-state index contributed by atoms with van der Waals surface area (Å²) in [6.45, 7) is 2.74. The SMILES string of the molecule is Cc1cc(N2CCCC2=O)ccc1S(=O)(=O)NCCc1cccnc1. The first-order valence-corrected chi connectivity index (χ1v) is 9.75. The molecular formula is C18H21N3O3S. The molecule has 0 spiro atoms. The average Bonchev–Trinajstić information content (AvgIpc) is 3.01. The van der Waals surface area contributed by atoms with Gasteiger partial charge in [-0.2, -0.15) is 0 Å². The van der Waals surface area contributed by atoms with Crippen molar-refractivity contribution < 1.29 is 13.2 Å². The molecule has 1 amide bonds. The third-order valence-electron chi connectivity index (χ3n) is 4.26. The van der Waals surface area contributed by atoms with Gasteiger partial charge >= 0.3 is 0 Å². The van der Waals surface area contributed by atoms with Gasteiger partial charge in [0.25, 0.3) is 0 Å². The van der Waals surface area contributed by atoms with Gasteiger partial charge in [-0.15, -0.1) is 0 Å². The highest BCUT2D eigenvalue weighted by molar-refractivity contribution is 7.89. The van der Waals surface area contributed by atoms with Crippen LogP contribution >= 0.6 is 0 Å². The lowest BCUT2D eigenvalue weighted by atomic mass is 10.2. The average molecular weight is 359 g/mol. The number of amides is 1. The van der Waals surface area contributed by atoms with Crippen molar-refractivity contribution in [3.63, 3.8) is 0 Å². The summed E-state index contributed by atoms with van der Waals surface area (Å²) in [5.41, 5.74) is 2.37. The Morgan fingerprint density at radius 1 is 1.28 bits per heavy atom. The van der Waals surface area contributed by atoms with Crippen LogP contribution in [0.4, 0.5) is 5.69 Å². The van der Waals surface area contributed by atoms with Gasteiger partial charge in [-0.3, -0.25) is 9.78 Å². The summed E-state index contributed by atoms with van der Waals surface area (Å²) in [6.07, 6.45) is 5.38. The maximum Gasteiger partial charge on any atom is 0.240 e. The van der Waals surface area contributed by atoms with E-state index in [1.165, 1.54) is 0 Å². The summed E-state index contributed by atoms with van der Waals surface area (Å²) in [4.78, 5) is 17.8. The fraction of sp³-hybridized carbons (Fsp3) is 0.333. The Balaban J connectivity index is 1.70. The van der Waals surface area contributed by atoms with Crippen molar-refractivity contribution in [2.24, 2.45) is 0 Å². The fourth-order valence-corrected chi connectivity index (χ4v) is 4.23. The number of nitrogens with one attached hydrogen (secondary N) is 1. The molecule has 132 valence electrons. The number of aromatic nitrogens is 1. The number of rotatable bonds is 6. The number of hydrogen-bond donors (Lipinski definition) is 1. The van der Waals surface area contributed by atoms with E-state index >= 15 is 0 Å². The lowest BCUT2D eigenvalue weighted by molar-refractivity contribution is -0.117. The van der Waals surface area contributed by atoms with Gasteiger partial charge in [-0.1, -0.05) is 6.07 Å². The topological polar surface area (TPSA) is 79.4 Å². The van der Waals surface area contributed by atoms with E-state index in [9.17, 15) is 13.2 Å². The molecule has 1 aliphatic rings. The minimum absolute atomic E-state index is 0.0876. The molecule has 0 saturated carbocycles. The normalized spacial score (nSPS) is 14.9. The molecule has 7 heteroatoms. The van der Waals surface area contributed by atoms with Gasteiger partial charge in [0.05, 0.1) is 4.90 Å². The molecular weight excluding hydrogens is 338 g/mol. The van der Waals surface area contributed by atoms with Crippen LogP contribution in [0.1, 0.15) is 24.0 Å². The minimum Gasteiger partial charge on any atom is -0.312 e. The first-order valence-electron chi connectivity index (χ1n) is 8.27. The minimum atomic E-state index is -3.59. The summed E-state index contributed by atoms with van der Waals surface area (Å²) in [5.74, 6) is 0.0876. The van der Waals surface area contributed by atoms with Crippen molar-refractivity contribution in [3.05, 3.63) is 53.9 Å². The first kappa shape index (κ1) is 17.6. The first-order chi connectivity index (χ1) is 12.0. The molecule has 1 aromatic heterocycles. The molecule has 3 rings (SSSR count). The van der Waals surface area contributed by atoms with Crippen LogP contribution in [0.2, 0.25) is 0 Å². The maximum atomic E-state index is 12.5. The Hall–Kier alpha value is -2.25. The third kappa shape index (κ3) is 4.05. The van der Waals surface area contributed by atoms with E-state index in [0.29, 0.717) is 31.5 Å².